The lowest BCUT2D eigenvalue weighted by Gasteiger charge is -2.14. The van der Waals surface area contributed by atoms with E-state index in [1.54, 1.807) is 0 Å². The second kappa shape index (κ2) is 4.75. The Bertz CT molecular complexity index is 472. The van der Waals surface area contributed by atoms with Crippen molar-refractivity contribution in [2.75, 3.05) is 7.11 Å². The van der Waals surface area contributed by atoms with Gasteiger partial charge in [0.05, 0.1) is 12.7 Å². The summed E-state index contributed by atoms with van der Waals surface area (Å²) in [6.07, 6.45) is -8.63. The number of carboxylic acid groups (broad SMARTS) is 1. The van der Waals surface area contributed by atoms with E-state index in [4.69, 9.17) is 5.11 Å². The molecule has 4 nitrogen and oxygen atoms in total. The van der Waals surface area contributed by atoms with Crippen LogP contribution < -0.4 is 4.74 Å². The lowest BCUT2D eigenvalue weighted by molar-refractivity contribution is -0.143. The molecule has 0 fully saturated rings. The predicted molar refractivity (Wildman–Crippen MR) is 47.7 cm³/mol. The van der Waals surface area contributed by atoms with Gasteiger partial charge in [0, 0.05) is 0 Å². The monoisotopic (exact) mass is 271 g/mol. The molecule has 9 heteroatoms. The van der Waals surface area contributed by atoms with E-state index in [1.807, 2.05) is 0 Å². The Kier molecular flexibility index (Phi) is 3.73. The number of ether oxygens (including phenoxy) is 1. The number of halogens is 5. The average Bonchev–Trinajstić information content (AvgIpc) is 2.25. The van der Waals surface area contributed by atoms with Gasteiger partial charge in [0.25, 0.3) is 6.43 Å². The molecule has 0 spiro atoms. The number of nitrogens with zero attached hydrogens (tertiary/aromatic N) is 1. The van der Waals surface area contributed by atoms with E-state index in [9.17, 15) is 26.7 Å². The molecule has 0 saturated carbocycles. The van der Waals surface area contributed by atoms with E-state index >= 15 is 0 Å². The lowest BCUT2D eigenvalue weighted by Crippen LogP contribution is -2.16. The number of aromatic carboxylic acids is 1. The summed E-state index contributed by atoms with van der Waals surface area (Å²) in [7, 11) is 0.936. The summed E-state index contributed by atoms with van der Waals surface area (Å²) in [6.45, 7) is 0. The minimum absolute atomic E-state index is 0.323. The number of carboxylic acids is 1. The van der Waals surface area contributed by atoms with Crippen molar-refractivity contribution >= 4 is 5.97 Å². The second-order valence-corrected chi connectivity index (χ2v) is 3.08. The highest BCUT2D eigenvalue weighted by atomic mass is 19.4. The van der Waals surface area contributed by atoms with E-state index in [1.165, 1.54) is 0 Å². The Hall–Kier alpha value is -1.93. The molecule has 1 N–H and O–H groups in total. The van der Waals surface area contributed by atoms with Gasteiger partial charge in [0.2, 0.25) is 0 Å². The van der Waals surface area contributed by atoms with Gasteiger partial charge in [-0.25, -0.2) is 18.6 Å². The van der Waals surface area contributed by atoms with E-state index in [0.717, 1.165) is 7.11 Å². The molecule has 0 radical (unpaired) electrons. The summed E-state index contributed by atoms with van der Waals surface area (Å²) in [5.41, 5.74) is -4.44. The molecular formula is C9H6F5NO3. The zero-order chi connectivity index (χ0) is 14.1. The molecule has 1 heterocycles. The maximum Gasteiger partial charge on any atom is 0.433 e. The number of pyridine rings is 1. The lowest BCUT2D eigenvalue weighted by atomic mass is 10.1. The Labute approximate surface area is 97.0 Å². The zero-order valence-corrected chi connectivity index (χ0v) is 8.76. The van der Waals surface area contributed by atoms with Crippen molar-refractivity contribution in [1.82, 2.24) is 4.98 Å². The van der Waals surface area contributed by atoms with Gasteiger partial charge in [-0.1, -0.05) is 0 Å². The Balaban J connectivity index is 3.58. The molecule has 100 valence electrons. The van der Waals surface area contributed by atoms with Crippen LogP contribution in [-0.4, -0.2) is 23.2 Å². The first-order chi connectivity index (χ1) is 8.18. The van der Waals surface area contributed by atoms with Crippen molar-refractivity contribution in [2.45, 2.75) is 12.6 Å². The number of aromatic nitrogens is 1. The third kappa shape index (κ3) is 2.66. The van der Waals surface area contributed by atoms with Crippen LogP contribution in [0, 0.1) is 0 Å². The van der Waals surface area contributed by atoms with E-state index in [2.05, 4.69) is 9.72 Å². The quantitative estimate of drug-likeness (QED) is 0.859. The van der Waals surface area contributed by atoms with Crippen molar-refractivity contribution in [2.24, 2.45) is 0 Å². The van der Waals surface area contributed by atoms with Crippen LogP contribution in [0.15, 0.2) is 6.07 Å². The van der Waals surface area contributed by atoms with Gasteiger partial charge < -0.3 is 9.84 Å². The average molecular weight is 271 g/mol. The van der Waals surface area contributed by atoms with Gasteiger partial charge in [-0.05, 0) is 6.07 Å². The molecule has 0 atom stereocenters. The minimum Gasteiger partial charge on any atom is -0.494 e. The first-order valence-electron chi connectivity index (χ1n) is 4.36. The molecule has 0 bridgehead atoms. The molecule has 1 aromatic rings. The van der Waals surface area contributed by atoms with Crippen LogP contribution in [0.25, 0.3) is 0 Å². The number of alkyl halides is 5. The standard InChI is InChI=1S/C9H6F5NO3/c1-18-4-2-3(7(10)11)6(9(12,13)14)15-5(4)8(16)17/h2,7H,1H3,(H,16,17). The maximum atomic E-state index is 12.5. The fourth-order valence-electron chi connectivity index (χ4n) is 1.21. The molecule has 0 amide bonds. The molecule has 18 heavy (non-hydrogen) atoms. The zero-order valence-electron chi connectivity index (χ0n) is 8.76. The summed E-state index contributed by atoms with van der Waals surface area (Å²) in [5, 5.41) is 8.62. The van der Waals surface area contributed by atoms with Gasteiger partial charge >= 0.3 is 12.1 Å². The van der Waals surface area contributed by atoms with Crippen LogP contribution in [0.3, 0.4) is 0 Å². The third-order valence-corrected chi connectivity index (χ3v) is 1.94. The summed E-state index contributed by atoms with van der Waals surface area (Å²) in [4.78, 5) is 13.3. The molecule has 1 rings (SSSR count). The highest BCUT2D eigenvalue weighted by molar-refractivity contribution is 5.88. The van der Waals surface area contributed by atoms with Crippen molar-refractivity contribution in [1.29, 1.82) is 0 Å². The van der Waals surface area contributed by atoms with E-state index < -0.39 is 41.3 Å². The molecule has 0 saturated heterocycles. The molecule has 0 aliphatic rings. The summed E-state index contributed by atoms with van der Waals surface area (Å²) in [5.74, 6) is -2.47. The number of hydrogen-bond donors (Lipinski definition) is 1. The van der Waals surface area contributed by atoms with E-state index in [0.29, 0.717) is 6.07 Å². The van der Waals surface area contributed by atoms with Gasteiger partial charge in [-0.3, -0.25) is 0 Å². The van der Waals surface area contributed by atoms with Crippen LogP contribution in [0.1, 0.15) is 28.2 Å². The summed E-state index contributed by atoms with van der Waals surface area (Å²) in [6, 6.07) is 0.323. The molecule has 0 aromatic carbocycles. The Morgan fingerprint density at radius 2 is 2.00 bits per heavy atom. The normalized spacial score (nSPS) is 11.7. The fourth-order valence-corrected chi connectivity index (χ4v) is 1.21. The number of methoxy groups -OCH3 is 1. The van der Waals surface area contributed by atoms with Gasteiger partial charge in [-0.15, -0.1) is 0 Å². The first kappa shape index (κ1) is 14.1. The van der Waals surface area contributed by atoms with Crippen LogP contribution >= 0.6 is 0 Å². The molecular weight excluding hydrogens is 265 g/mol. The van der Waals surface area contributed by atoms with Crippen LogP contribution in [0.2, 0.25) is 0 Å². The van der Waals surface area contributed by atoms with Crippen molar-refractivity contribution in [3.8, 4) is 5.75 Å². The van der Waals surface area contributed by atoms with Gasteiger partial charge in [-0.2, -0.15) is 13.2 Å². The highest BCUT2D eigenvalue weighted by Gasteiger charge is 2.39. The van der Waals surface area contributed by atoms with Crippen molar-refractivity contribution in [3.63, 3.8) is 0 Å². The Morgan fingerprint density at radius 3 is 2.33 bits per heavy atom. The predicted octanol–water partition coefficient (Wildman–Crippen LogP) is 2.74. The molecule has 0 unspecified atom stereocenters. The third-order valence-electron chi connectivity index (χ3n) is 1.94. The van der Waals surface area contributed by atoms with Crippen LogP contribution in [0.4, 0.5) is 22.0 Å². The van der Waals surface area contributed by atoms with Gasteiger partial charge in [0.15, 0.2) is 17.1 Å². The topological polar surface area (TPSA) is 59.4 Å². The molecule has 1 aromatic heterocycles. The van der Waals surface area contributed by atoms with Crippen LogP contribution in [0.5, 0.6) is 5.75 Å². The van der Waals surface area contributed by atoms with Crippen molar-refractivity contribution in [3.05, 3.63) is 23.0 Å². The maximum absolute atomic E-state index is 12.5. The largest absolute Gasteiger partial charge is 0.494 e. The SMILES string of the molecule is COc1cc(C(F)F)c(C(F)(F)F)nc1C(=O)O. The Morgan fingerprint density at radius 1 is 1.44 bits per heavy atom. The number of carbonyl (C=O) groups is 1. The van der Waals surface area contributed by atoms with Crippen molar-refractivity contribution < 1.29 is 36.6 Å². The summed E-state index contributed by atoms with van der Waals surface area (Å²) >= 11 is 0. The molecule has 0 aliphatic carbocycles. The highest BCUT2D eigenvalue weighted by Crippen LogP contribution is 2.37. The fraction of sp³-hybridized carbons (Fsp3) is 0.333. The smallest absolute Gasteiger partial charge is 0.433 e. The minimum atomic E-state index is -5.18. The first-order valence-corrected chi connectivity index (χ1v) is 4.36. The second-order valence-electron chi connectivity index (χ2n) is 3.08. The van der Waals surface area contributed by atoms with E-state index in [-0.39, 0.29) is 0 Å². The molecule has 0 aliphatic heterocycles. The summed E-state index contributed by atoms with van der Waals surface area (Å²) < 4.78 is 66.7. The van der Waals surface area contributed by atoms with Gasteiger partial charge in [0.1, 0.15) is 0 Å². The number of hydrogen-bond acceptors (Lipinski definition) is 3. The van der Waals surface area contributed by atoms with Crippen LogP contribution in [-0.2, 0) is 6.18 Å². The number of rotatable bonds is 3.